The summed E-state index contributed by atoms with van der Waals surface area (Å²) >= 11 is 2.54. The molecule has 6 fully saturated rings. The second-order valence-electron chi connectivity index (χ2n) is 26.5. The molecular formula is C69H78N2O14S3. The molecule has 15 atom stereocenters. The highest BCUT2D eigenvalue weighted by Gasteiger charge is 2.72. The van der Waals surface area contributed by atoms with Crippen LogP contribution in [0.1, 0.15) is 170 Å². The summed E-state index contributed by atoms with van der Waals surface area (Å²) in [4.78, 5) is 103. The van der Waals surface area contributed by atoms with Crippen LogP contribution in [0.3, 0.4) is 0 Å². The van der Waals surface area contributed by atoms with Crippen molar-refractivity contribution in [2.75, 3.05) is 5.75 Å². The van der Waals surface area contributed by atoms with Gasteiger partial charge in [-0.1, -0.05) is 78.0 Å². The first kappa shape index (κ1) is 63.2. The van der Waals surface area contributed by atoms with Crippen LogP contribution in [-0.4, -0.2) is 94.4 Å². The van der Waals surface area contributed by atoms with E-state index in [1.807, 2.05) is 62.4 Å². The van der Waals surface area contributed by atoms with E-state index in [4.69, 9.17) is 18.3 Å². The van der Waals surface area contributed by atoms with E-state index in [0.717, 1.165) is 51.7 Å². The minimum atomic E-state index is -1.74. The van der Waals surface area contributed by atoms with Gasteiger partial charge in [-0.15, -0.1) is 22.7 Å². The molecular weight excluding hydrogens is 1180 g/mol. The Morgan fingerprint density at radius 3 is 1.53 bits per heavy atom. The summed E-state index contributed by atoms with van der Waals surface area (Å²) in [6, 6.07) is 21.1. The number of rotatable bonds is 12. The van der Waals surface area contributed by atoms with E-state index in [2.05, 4.69) is 23.8 Å². The second kappa shape index (κ2) is 23.5. The van der Waals surface area contributed by atoms with E-state index in [1.165, 1.54) is 47.3 Å². The number of aromatic nitrogens is 2. The zero-order valence-electron chi connectivity index (χ0n) is 48.6. The number of carbonyl (C=O) groups is 7. The van der Waals surface area contributed by atoms with Crippen molar-refractivity contribution in [3.63, 3.8) is 0 Å². The van der Waals surface area contributed by atoms with E-state index >= 15 is 0 Å². The zero-order valence-corrected chi connectivity index (χ0v) is 51.0. The number of benzene rings is 2. The van der Waals surface area contributed by atoms with Crippen LogP contribution >= 0.6 is 22.7 Å². The third-order valence-electron chi connectivity index (χ3n) is 22.5. The van der Waals surface area contributed by atoms with Gasteiger partial charge < -0.3 is 28.5 Å². The number of thiazole rings is 2. The molecule has 466 valence electrons. The summed E-state index contributed by atoms with van der Waals surface area (Å²) in [6.07, 6.45) is 12.2. The van der Waals surface area contributed by atoms with E-state index < -0.39 is 80.7 Å². The summed E-state index contributed by atoms with van der Waals surface area (Å²) in [5.74, 6) is -2.79. The van der Waals surface area contributed by atoms with Gasteiger partial charge in [-0.25, -0.2) is 19.6 Å². The minimum absolute atomic E-state index is 0. The van der Waals surface area contributed by atoms with E-state index in [0.29, 0.717) is 48.4 Å². The lowest BCUT2D eigenvalue weighted by Gasteiger charge is -2.60. The maximum atomic E-state index is 14.5. The smallest absolute Gasteiger partial charge is 0.375 e. The monoisotopic (exact) mass is 1250 g/mol. The molecule has 16 nitrogen and oxygen atoms in total. The highest BCUT2D eigenvalue weighted by molar-refractivity contribution is 7.88. The molecule has 0 bridgehead atoms. The SMILES string of the molecule is C.C.CC12CCC(=O)C=C1CCC1C2[C@@H](O)CC2(C)C1CC[C@]2(OC(=O)c1ccco1)C(=O)CC(=O)c1nc2ccccc2s1.CC12CCC(=O)C=C1CCC1C2[C@@H](O)CC2(C)C1CC[C@]2(OC(=O)c1ccco1)C(=O)CS(=O)c1nc2ccccc2s1. The number of ether oxygens (including phenoxy) is 2. The predicted octanol–water partition coefficient (Wildman–Crippen LogP) is 13.1. The van der Waals surface area contributed by atoms with Crippen LogP contribution in [-0.2, 0) is 39.5 Å². The van der Waals surface area contributed by atoms with Gasteiger partial charge in [0.15, 0.2) is 49.5 Å². The zero-order chi connectivity index (χ0) is 60.3. The van der Waals surface area contributed by atoms with Gasteiger partial charge in [0.2, 0.25) is 11.5 Å². The lowest BCUT2D eigenvalue weighted by atomic mass is 9.45. The van der Waals surface area contributed by atoms with Crippen LogP contribution in [0.5, 0.6) is 0 Å². The van der Waals surface area contributed by atoms with Crippen molar-refractivity contribution < 1.29 is 66.3 Å². The lowest BCUT2D eigenvalue weighted by molar-refractivity contribution is -0.181. The first-order valence-electron chi connectivity index (χ1n) is 30.2. The standard InChI is InChI=1S/C34H35NO7S.C33H35NO7S2.2CH4/c1-32-13-11-20(36)16-19(32)9-10-21-22-12-14-34(33(22,2)18-25(38)29(21)32,42-31(40)26-7-5-15-41-26)28(39)17-24(37)30-35-23-6-3-4-8-27(23)43-30;1-31-13-11-20(35)16-19(31)9-10-21-22-12-14-33(32(22,2)17-24(36)28(21)31,41-29(38)25-7-5-15-40-25)27(37)18-43(39)30-34-23-6-3-4-8-26(23)42-30;;/h3-8,15-16,21-22,25,29,38H,9-14,17-18H2,1-2H3;3-8,15-16,21-22,24,28,36H,9-14,17-18H2,1-2H3;2*1H4/t21?,22?,25-,29?,32?,33?,34-;21?,22?,24-,28?,31?,32?,33-,43?;;/m00../s1. The van der Waals surface area contributed by atoms with E-state index in [9.17, 15) is 48.0 Å². The highest BCUT2D eigenvalue weighted by Crippen LogP contribution is 2.70. The summed E-state index contributed by atoms with van der Waals surface area (Å²) in [5, 5.41) is 24.1. The lowest BCUT2D eigenvalue weighted by Crippen LogP contribution is -2.63. The largest absolute Gasteiger partial charge is 0.457 e. The third kappa shape index (κ3) is 10.0. The van der Waals surface area contributed by atoms with Crippen molar-refractivity contribution in [3.05, 3.63) is 125 Å². The average Bonchev–Trinajstić information content (AvgIpc) is 0.962. The van der Waals surface area contributed by atoms with Crippen molar-refractivity contribution in [1.29, 1.82) is 0 Å². The van der Waals surface area contributed by atoms with Gasteiger partial charge in [0.25, 0.3) is 0 Å². The van der Waals surface area contributed by atoms with Crippen molar-refractivity contribution in [2.24, 2.45) is 57.2 Å². The fourth-order valence-corrected chi connectivity index (χ4v) is 21.7. The third-order valence-corrected chi connectivity index (χ3v) is 26.2. The van der Waals surface area contributed by atoms with Crippen molar-refractivity contribution in [1.82, 2.24) is 9.97 Å². The number of furan rings is 2. The Labute approximate surface area is 522 Å². The van der Waals surface area contributed by atoms with E-state index in [1.54, 1.807) is 24.3 Å². The van der Waals surface area contributed by atoms with Crippen LogP contribution in [0, 0.1) is 57.2 Å². The normalized spacial score (nSPS) is 34.7. The summed E-state index contributed by atoms with van der Waals surface area (Å²) in [5.41, 5.74) is -1.89. The van der Waals surface area contributed by atoms with E-state index in [-0.39, 0.29) is 121 Å². The Balaban J connectivity index is 0.000000178. The molecule has 14 rings (SSSR count). The van der Waals surface area contributed by atoms with Gasteiger partial charge in [-0.2, -0.15) is 0 Å². The first-order valence-corrected chi connectivity index (χ1v) is 33.1. The van der Waals surface area contributed by atoms with Gasteiger partial charge in [0, 0.05) is 23.7 Å². The number of fused-ring (bicyclic) bond motifs is 12. The highest BCUT2D eigenvalue weighted by atomic mass is 32.2. The molecule has 11 unspecified atom stereocenters. The molecule has 2 N–H and O–H groups in total. The van der Waals surface area contributed by atoms with Gasteiger partial charge in [-0.3, -0.25) is 28.2 Å². The maximum absolute atomic E-state index is 14.5. The number of ketones is 5. The van der Waals surface area contributed by atoms with Crippen molar-refractivity contribution in [2.45, 2.75) is 167 Å². The first-order chi connectivity index (χ1) is 41.1. The number of aliphatic hydroxyl groups excluding tert-OH is 2. The number of para-hydroxylation sites is 2. The molecule has 2 aromatic carbocycles. The molecule has 4 aromatic heterocycles. The Morgan fingerprint density at radius 2 is 1.07 bits per heavy atom. The summed E-state index contributed by atoms with van der Waals surface area (Å²) in [7, 11) is -1.74. The fourth-order valence-electron chi connectivity index (χ4n) is 18.5. The molecule has 8 aliphatic rings. The average molecular weight is 1260 g/mol. The van der Waals surface area contributed by atoms with Crippen molar-refractivity contribution >= 4 is 94.8 Å². The topological polar surface area (TPSA) is 248 Å². The number of esters is 2. The number of aliphatic hydroxyl groups is 2. The maximum Gasteiger partial charge on any atom is 0.375 e. The molecule has 4 heterocycles. The number of Topliss-reactive ketones (excluding diaryl/α,β-unsaturated/α-hetero) is 3. The predicted molar refractivity (Wildman–Crippen MR) is 333 cm³/mol. The fraction of sp³-hybridized carbons (Fsp3) is 0.522. The number of hydrogen-bond donors (Lipinski definition) is 2. The minimum Gasteiger partial charge on any atom is -0.457 e. The van der Waals surface area contributed by atoms with Gasteiger partial charge >= 0.3 is 11.9 Å². The summed E-state index contributed by atoms with van der Waals surface area (Å²) < 4.78 is 38.9. The number of carbonyl (C=O) groups excluding carboxylic acids is 7. The van der Waals surface area contributed by atoms with Crippen LogP contribution < -0.4 is 0 Å². The Hall–Kier alpha value is -6.38. The second-order valence-corrected chi connectivity index (χ2v) is 30.2. The quantitative estimate of drug-likeness (QED) is 0.0657. The Morgan fingerprint density at radius 1 is 0.602 bits per heavy atom. The molecule has 0 aliphatic heterocycles. The summed E-state index contributed by atoms with van der Waals surface area (Å²) in [6.45, 7) is 8.28. The molecule has 0 radical (unpaired) electrons. The molecule has 0 amide bonds. The van der Waals surface area contributed by atoms with Crippen LogP contribution in [0.2, 0.25) is 0 Å². The van der Waals surface area contributed by atoms with Crippen LogP contribution in [0.25, 0.3) is 20.4 Å². The Bertz CT molecular complexity index is 3530. The number of allylic oxidation sites excluding steroid dienone is 2. The molecule has 6 saturated carbocycles. The van der Waals surface area contributed by atoms with Crippen molar-refractivity contribution in [3.8, 4) is 0 Å². The molecule has 0 spiro atoms. The van der Waals surface area contributed by atoms with Crippen LogP contribution in [0.15, 0.2) is 122 Å². The number of nitrogens with zero attached hydrogens (tertiary/aromatic N) is 2. The Kier molecular flexibility index (Phi) is 16.8. The number of hydrogen-bond acceptors (Lipinski definition) is 18. The molecule has 6 aromatic rings. The van der Waals surface area contributed by atoms with Gasteiger partial charge in [0.1, 0.15) is 0 Å². The van der Waals surface area contributed by atoms with Crippen LogP contribution in [0.4, 0.5) is 0 Å². The molecule has 88 heavy (non-hydrogen) atoms. The molecule has 19 heteroatoms. The van der Waals surface area contributed by atoms with Gasteiger partial charge in [0.05, 0.1) is 68.1 Å². The molecule has 8 aliphatic carbocycles. The molecule has 0 saturated heterocycles. The van der Waals surface area contributed by atoms with Gasteiger partial charge in [-0.05, 0) is 184 Å².